The number of rotatable bonds is 1. The van der Waals surface area contributed by atoms with Crippen molar-refractivity contribution in [3.05, 3.63) is 16.5 Å². The highest BCUT2D eigenvalue weighted by Gasteiger charge is 1.99. The lowest BCUT2D eigenvalue weighted by atomic mass is 10.2. The van der Waals surface area contributed by atoms with E-state index in [1.54, 1.807) is 0 Å². The van der Waals surface area contributed by atoms with Crippen LogP contribution in [-0.4, -0.2) is 9.97 Å². The Bertz CT molecular complexity index is 400. The van der Waals surface area contributed by atoms with Crippen LogP contribution < -0.4 is 10.7 Å². The van der Waals surface area contributed by atoms with Gasteiger partial charge in [0.05, 0.1) is 23.2 Å². The molecule has 0 aliphatic heterocycles. The molecule has 1 aliphatic rings. The molecule has 1 heterocycles. The van der Waals surface area contributed by atoms with Gasteiger partial charge in [-0.3, -0.25) is 0 Å². The molecule has 12 heavy (non-hydrogen) atoms. The van der Waals surface area contributed by atoms with Gasteiger partial charge >= 0.3 is 0 Å². The Balaban J connectivity index is 2.54. The van der Waals surface area contributed by atoms with Gasteiger partial charge in [-0.2, -0.15) is 5.26 Å². The summed E-state index contributed by atoms with van der Waals surface area (Å²) in [6, 6.07) is 2.07. The number of fused-ring (bicyclic) bond motifs is 1. The predicted molar refractivity (Wildman–Crippen MR) is 45.3 cm³/mol. The fourth-order valence-electron chi connectivity index (χ4n) is 1.37. The summed E-state index contributed by atoms with van der Waals surface area (Å²) in [6.45, 7) is 0. The summed E-state index contributed by atoms with van der Waals surface area (Å²) in [5, 5.41) is 10.5. The van der Waals surface area contributed by atoms with E-state index < -0.39 is 0 Å². The van der Waals surface area contributed by atoms with Crippen LogP contribution in [0.4, 0.5) is 0 Å². The lowest BCUT2D eigenvalue weighted by Gasteiger charge is -1.89. The highest BCUT2D eigenvalue weighted by molar-refractivity contribution is 5.33. The first kappa shape index (κ1) is 7.11. The summed E-state index contributed by atoms with van der Waals surface area (Å²) in [6.07, 6.45) is 6.73. The van der Waals surface area contributed by atoms with Crippen molar-refractivity contribution >= 4 is 12.2 Å². The van der Waals surface area contributed by atoms with Gasteiger partial charge in [0, 0.05) is 0 Å². The number of imidazole rings is 1. The van der Waals surface area contributed by atoms with Gasteiger partial charge in [-0.05, 0) is 12.8 Å². The van der Waals surface area contributed by atoms with Crippen molar-refractivity contribution in [2.24, 2.45) is 0 Å². The molecular weight excluding hydrogens is 150 g/mol. The Kier molecular flexibility index (Phi) is 1.67. The molecular formula is C9H9N3. The van der Waals surface area contributed by atoms with Crippen LogP contribution >= 0.6 is 0 Å². The van der Waals surface area contributed by atoms with E-state index in [0.29, 0.717) is 6.42 Å². The van der Waals surface area contributed by atoms with E-state index in [1.165, 1.54) is 0 Å². The lowest BCUT2D eigenvalue weighted by Crippen LogP contribution is -2.26. The third-order valence-corrected chi connectivity index (χ3v) is 1.91. The number of nitrogens with zero attached hydrogens (tertiary/aromatic N) is 2. The Morgan fingerprint density at radius 1 is 1.50 bits per heavy atom. The molecule has 0 spiro atoms. The van der Waals surface area contributed by atoms with E-state index in [-0.39, 0.29) is 0 Å². The minimum absolute atomic E-state index is 0.370. The molecule has 1 aromatic rings. The molecule has 2 rings (SSSR count). The minimum atomic E-state index is 0.370. The third-order valence-electron chi connectivity index (χ3n) is 1.91. The van der Waals surface area contributed by atoms with Gasteiger partial charge in [0.15, 0.2) is 0 Å². The molecule has 1 N–H and O–H groups in total. The molecule has 3 nitrogen and oxygen atoms in total. The molecule has 0 amide bonds. The van der Waals surface area contributed by atoms with Gasteiger partial charge < -0.3 is 4.98 Å². The van der Waals surface area contributed by atoms with E-state index in [4.69, 9.17) is 5.26 Å². The fourth-order valence-corrected chi connectivity index (χ4v) is 1.37. The van der Waals surface area contributed by atoms with Crippen molar-refractivity contribution in [3.63, 3.8) is 0 Å². The van der Waals surface area contributed by atoms with E-state index >= 15 is 0 Å². The quantitative estimate of drug-likeness (QED) is 0.618. The average molecular weight is 159 g/mol. The van der Waals surface area contributed by atoms with Crippen molar-refractivity contribution < 1.29 is 0 Å². The molecule has 0 aromatic carbocycles. The van der Waals surface area contributed by atoms with Crippen LogP contribution in [0, 0.1) is 11.3 Å². The van der Waals surface area contributed by atoms with Crippen molar-refractivity contribution in [1.29, 1.82) is 5.26 Å². The largest absolute Gasteiger partial charge is 0.341 e. The average Bonchev–Trinajstić information content (AvgIpc) is 2.47. The Morgan fingerprint density at radius 2 is 2.33 bits per heavy atom. The van der Waals surface area contributed by atoms with E-state index in [1.807, 2.05) is 0 Å². The zero-order valence-electron chi connectivity index (χ0n) is 6.67. The number of nitriles is 1. The monoisotopic (exact) mass is 159 g/mol. The molecule has 0 unspecified atom stereocenters. The maximum atomic E-state index is 8.45. The molecule has 1 aromatic heterocycles. The Hall–Kier alpha value is -1.56. The molecule has 0 fully saturated rings. The van der Waals surface area contributed by atoms with Gasteiger partial charge in [-0.15, -0.1) is 0 Å². The number of hydrogen-bond acceptors (Lipinski definition) is 2. The number of H-pyrrole nitrogens is 1. The lowest BCUT2D eigenvalue weighted by molar-refractivity contribution is 1.05. The van der Waals surface area contributed by atoms with Crippen molar-refractivity contribution in [2.45, 2.75) is 19.3 Å². The van der Waals surface area contributed by atoms with Crippen molar-refractivity contribution in [2.75, 3.05) is 0 Å². The van der Waals surface area contributed by atoms with Gasteiger partial charge in [-0.1, -0.05) is 12.2 Å². The first-order chi connectivity index (χ1) is 5.90. The molecule has 1 aliphatic carbocycles. The van der Waals surface area contributed by atoms with Gasteiger partial charge in [0.2, 0.25) is 0 Å². The number of hydrogen-bond donors (Lipinski definition) is 1. The summed E-state index contributed by atoms with van der Waals surface area (Å²) < 4.78 is 0. The maximum Gasteiger partial charge on any atom is 0.121 e. The second kappa shape index (κ2) is 2.82. The fraction of sp³-hybridized carbons (Fsp3) is 0.333. The van der Waals surface area contributed by atoms with Crippen LogP contribution in [0.1, 0.15) is 18.7 Å². The molecule has 0 bridgehead atoms. The summed E-state index contributed by atoms with van der Waals surface area (Å²) in [5.41, 5.74) is 0. The number of aromatic amines is 1. The van der Waals surface area contributed by atoms with Crippen LogP contribution in [0.3, 0.4) is 0 Å². The Morgan fingerprint density at radius 3 is 3.08 bits per heavy atom. The van der Waals surface area contributed by atoms with E-state index in [9.17, 15) is 0 Å². The van der Waals surface area contributed by atoms with Gasteiger partial charge in [-0.25, -0.2) is 4.98 Å². The summed E-state index contributed by atoms with van der Waals surface area (Å²) in [4.78, 5) is 7.39. The smallest absolute Gasteiger partial charge is 0.121 e. The number of nitrogens with one attached hydrogen (secondary N) is 1. The minimum Gasteiger partial charge on any atom is -0.341 e. The molecule has 3 heteroatoms. The highest BCUT2D eigenvalue weighted by Crippen LogP contribution is 1.94. The standard InChI is InChI=1S/C9H9N3/c10-6-5-9-11-7-3-1-2-4-8(7)12-9/h3-4H,1-2,5H2,(H,11,12). The molecule has 60 valence electrons. The van der Waals surface area contributed by atoms with Crippen LogP contribution in [0.15, 0.2) is 0 Å². The highest BCUT2D eigenvalue weighted by atomic mass is 14.9. The molecule has 0 radical (unpaired) electrons. The molecule has 0 atom stereocenters. The zero-order chi connectivity index (χ0) is 8.39. The number of aromatic nitrogens is 2. The van der Waals surface area contributed by atoms with Crippen LogP contribution in [0.25, 0.3) is 12.2 Å². The molecule has 0 saturated carbocycles. The SMILES string of the molecule is N#CCc1nc2c([nH]1)=CCCC=2. The van der Waals surface area contributed by atoms with Crippen LogP contribution in [0.5, 0.6) is 0 Å². The van der Waals surface area contributed by atoms with E-state index in [0.717, 1.165) is 29.4 Å². The molecule has 0 saturated heterocycles. The second-order valence-corrected chi connectivity index (χ2v) is 2.80. The van der Waals surface area contributed by atoms with E-state index in [2.05, 4.69) is 28.2 Å². The van der Waals surface area contributed by atoms with Gasteiger partial charge in [0.1, 0.15) is 5.82 Å². The van der Waals surface area contributed by atoms with Gasteiger partial charge in [0.25, 0.3) is 0 Å². The first-order valence-corrected chi connectivity index (χ1v) is 4.02. The van der Waals surface area contributed by atoms with Crippen molar-refractivity contribution in [3.8, 4) is 6.07 Å². The first-order valence-electron chi connectivity index (χ1n) is 4.02. The summed E-state index contributed by atoms with van der Waals surface area (Å²) in [7, 11) is 0. The Labute approximate surface area is 70.1 Å². The third kappa shape index (κ3) is 1.12. The second-order valence-electron chi connectivity index (χ2n) is 2.80. The van der Waals surface area contributed by atoms with Crippen molar-refractivity contribution in [1.82, 2.24) is 9.97 Å². The topological polar surface area (TPSA) is 52.5 Å². The summed E-state index contributed by atoms with van der Waals surface area (Å²) >= 11 is 0. The maximum absolute atomic E-state index is 8.45. The summed E-state index contributed by atoms with van der Waals surface area (Å²) in [5.74, 6) is 0.775. The van der Waals surface area contributed by atoms with Crippen LogP contribution in [-0.2, 0) is 6.42 Å². The normalized spacial score (nSPS) is 13.9. The van der Waals surface area contributed by atoms with Crippen LogP contribution in [0.2, 0.25) is 0 Å². The zero-order valence-corrected chi connectivity index (χ0v) is 6.67. The predicted octanol–water partition coefficient (Wildman–Crippen LogP) is -0.169.